The number of hydrogen-bond acceptors (Lipinski definition) is 1. The molecule has 0 heterocycles. The number of rotatable bonds is 2. The van der Waals surface area contributed by atoms with Crippen LogP contribution in [0, 0.1) is 6.42 Å². The predicted octanol–water partition coefficient (Wildman–Crippen LogP) is 1.94. The van der Waals surface area contributed by atoms with Gasteiger partial charge in [-0.05, 0) is 6.10 Å². The Morgan fingerprint density at radius 2 is 1.67 bits per heavy atom. The molecule has 0 aliphatic heterocycles. The van der Waals surface area contributed by atoms with Crippen molar-refractivity contribution in [3.63, 3.8) is 0 Å². The normalized spacial score (nSPS) is 10.8. The van der Waals surface area contributed by atoms with Crippen LogP contribution in [0.1, 0.15) is 18.6 Å². The standard InChI is InChI=1S/C9H11O.2Y/c1-2-9(10)8-6-4-3-5-7-8;;/h2-7,9-10H,1H3;;/q-1;;. The molecular weight excluding hydrogens is 302 g/mol. The Bertz CT molecular complexity index is 189. The predicted molar refractivity (Wildman–Crippen MR) is 41.4 cm³/mol. The molecule has 0 amide bonds. The van der Waals surface area contributed by atoms with Crippen LogP contribution in [0.3, 0.4) is 0 Å². The first-order chi connectivity index (χ1) is 4.84. The quantitative estimate of drug-likeness (QED) is 0.828. The van der Waals surface area contributed by atoms with Crippen molar-refractivity contribution in [1.82, 2.24) is 0 Å². The zero-order valence-electron chi connectivity index (χ0n) is 7.14. The van der Waals surface area contributed by atoms with Crippen LogP contribution in [0.15, 0.2) is 30.3 Å². The van der Waals surface area contributed by atoms with Crippen molar-refractivity contribution in [1.29, 1.82) is 0 Å². The molecule has 1 atom stereocenters. The van der Waals surface area contributed by atoms with E-state index in [1.165, 1.54) is 0 Å². The summed E-state index contributed by atoms with van der Waals surface area (Å²) in [4.78, 5) is 0. The van der Waals surface area contributed by atoms with E-state index in [-0.39, 0.29) is 65.4 Å². The number of hydrogen-bond donors (Lipinski definition) is 1. The van der Waals surface area contributed by atoms with Gasteiger partial charge in [0.05, 0.1) is 0 Å². The second-order valence-corrected chi connectivity index (χ2v) is 2.19. The van der Waals surface area contributed by atoms with Crippen molar-refractivity contribution >= 4 is 0 Å². The van der Waals surface area contributed by atoms with E-state index in [0.29, 0.717) is 0 Å². The van der Waals surface area contributed by atoms with E-state index in [1.807, 2.05) is 37.3 Å². The molecule has 0 saturated heterocycles. The second-order valence-electron chi connectivity index (χ2n) is 2.19. The molecule has 60 valence electrons. The molecule has 2 radical (unpaired) electrons. The van der Waals surface area contributed by atoms with Crippen molar-refractivity contribution in [3.8, 4) is 0 Å². The van der Waals surface area contributed by atoms with Gasteiger partial charge in [0.15, 0.2) is 0 Å². The van der Waals surface area contributed by atoms with Crippen LogP contribution in [0.5, 0.6) is 0 Å². The zero-order chi connectivity index (χ0) is 7.40. The van der Waals surface area contributed by atoms with Gasteiger partial charge >= 0.3 is 0 Å². The van der Waals surface area contributed by atoms with Crippen LogP contribution in [0.2, 0.25) is 0 Å². The third-order valence-electron chi connectivity index (χ3n) is 1.46. The van der Waals surface area contributed by atoms with E-state index in [2.05, 4.69) is 0 Å². The smallest absolute Gasteiger partial charge is 0 e. The van der Waals surface area contributed by atoms with Gasteiger partial charge in [-0.25, -0.2) is 0 Å². The Kier molecular flexibility index (Phi) is 11.8. The summed E-state index contributed by atoms with van der Waals surface area (Å²) in [5.41, 5.74) is 0.949. The van der Waals surface area contributed by atoms with Gasteiger partial charge in [-0.1, -0.05) is 35.9 Å². The molecule has 0 saturated carbocycles. The molecule has 1 rings (SSSR count). The topological polar surface area (TPSA) is 20.2 Å². The summed E-state index contributed by atoms with van der Waals surface area (Å²) in [7, 11) is 0. The number of benzene rings is 1. The monoisotopic (exact) mass is 313 g/mol. The maximum absolute atomic E-state index is 9.27. The van der Waals surface area contributed by atoms with E-state index in [4.69, 9.17) is 0 Å². The van der Waals surface area contributed by atoms with Crippen LogP contribution < -0.4 is 0 Å². The maximum Gasteiger partial charge on any atom is 0 e. The molecule has 0 aromatic heterocycles. The average molecular weight is 313 g/mol. The molecule has 0 aliphatic rings. The Morgan fingerprint density at radius 3 is 2.08 bits per heavy atom. The molecule has 0 spiro atoms. The minimum atomic E-state index is -0.416. The summed E-state index contributed by atoms with van der Waals surface area (Å²) in [5.74, 6) is 0. The summed E-state index contributed by atoms with van der Waals surface area (Å²) < 4.78 is 0. The summed E-state index contributed by atoms with van der Waals surface area (Å²) in [6.45, 7) is 1.84. The first-order valence-corrected chi connectivity index (χ1v) is 3.37. The van der Waals surface area contributed by atoms with Gasteiger partial charge in [0, 0.05) is 65.4 Å². The Hall–Kier alpha value is 1.39. The minimum Gasteiger partial charge on any atom is -0.421 e. The maximum atomic E-state index is 9.27. The molecule has 0 aliphatic carbocycles. The van der Waals surface area contributed by atoms with E-state index >= 15 is 0 Å². The van der Waals surface area contributed by atoms with Gasteiger partial charge in [-0.3, -0.25) is 6.42 Å². The van der Waals surface area contributed by atoms with Gasteiger partial charge < -0.3 is 5.11 Å². The summed E-state index contributed by atoms with van der Waals surface area (Å²) in [5, 5.41) is 9.27. The largest absolute Gasteiger partial charge is 0.421 e. The Morgan fingerprint density at radius 1 is 1.17 bits per heavy atom. The molecule has 1 N–H and O–H groups in total. The van der Waals surface area contributed by atoms with E-state index in [9.17, 15) is 5.11 Å². The van der Waals surface area contributed by atoms with Crippen molar-refractivity contribution in [2.75, 3.05) is 0 Å². The molecule has 1 nitrogen and oxygen atoms in total. The van der Waals surface area contributed by atoms with Gasteiger partial charge in [-0.15, -0.1) is 0 Å². The molecule has 0 fully saturated rings. The van der Waals surface area contributed by atoms with Gasteiger partial charge in [-0.2, -0.15) is 6.92 Å². The fraction of sp³-hybridized carbons (Fsp3) is 0.222. The third-order valence-corrected chi connectivity index (χ3v) is 1.46. The van der Waals surface area contributed by atoms with Crippen molar-refractivity contribution in [2.45, 2.75) is 13.0 Å². The molecule has 3 heteroatoms. The molecule has 1 aromatic rings. The molecular formula is C9H11OY2-. The van der Waals surface area contributed by atoms with Crippen molar-refractivity contribution < 1.29 is 70.5 Å². The average Bonchev–Trinajstić information content (AvgIpc) is 2.05. The summed E-state index contributed by atoms with van der Waals surface area (Å²) in [6.07, 6.45) is 1.34. The molecule has 1 unspecified atom stereocenters. The second kappa shape index (κ2) is 8.96. The fourth-order valence-electron chi connectivity index (χ4n) is 0.843. The number of aliphatic hydroxyl groups is 1. The van der Waals surface area contributed by atoms with E-state index < -0.39 is 6.10 Å². The van der Waals surface area contributed by atoms with Crippen molar-refractivity contribution in [2.24, 2.45) is 0 Å². The van der Waals surface area contributed by atoms with Crippen molar-refractivity contribution in [3.05, 3.63) is 42.3 Å². The van der Waals surface area contributed by atoms with Crippen LogP contribution in [0.25, 0.3) is 0 Å². The Balaban J connectivity index is 0. The van der Waals surface area contributed by atoms with Crippen LogP contribution >= 0.6 is 0 Å². The van der Waals surface area contributed by atoms with E-state index in [0.717, 1.165) is 5.56 Å². The van der Waals surface area contributed by atoms with Gasteiger partial charge in [0.2, 0.25) is 0 Å². The minimum absolute atomic E-state index is 0. The molecule has 0 bridgehead atoms. The fourth-order valence-corrected chi connectivity index (χ4v) is 0.843. The Labute approximate surface area is 124 Å². The van der Waals surface area contributed by atoms with Crippen LogP contribution in [-0.2, 0) is 65.4 Å². The summed E-state index contributed by atoms with van der Waals surface area (Å²) >= 11 is 0. The van der Waals surface area contributed by atoms with Crippen LogP contribution in [-0.4, -0.2) is 5.11 Å². The summed E-state index contributed by atoms with van der Waals surface area (Å²) in [6, 6.07) is 9.59. The molecule has 1 aromatic carbocycles. The molecule has 12 heavy (non-hydrogen) atoms. The first-order valence-electron chi connectivity index (χ1n) is 3.37. The first kappa shape index (κ1) is 15.8. The van der Waals surface area contributed by atoms with Gasteiger partial charge in [0.1, 0.15) is 0 Å². The number of aliphatic hydroxyl groups excluding tert-OH is 1. The van der Waals surface area contributed by atoms with E-state index in [1.54, 1.807) is 6.42 Å². The third kappa shape index (κ3) is 5.19. The SMILES string of the molecule is C[CH-]C(O)c1ccccc1.[Y].[Y]. The van der Waals surface area contributed by atoms with Crippen LogP contribution in [0.4, 0.5) is 0 Å². The van der Waals surface area contributed by atoms with Gasteiger partial charge in [0.25, 0.3) is 0 Å². The zero-order valence-corrected chi connectivity index (χ0v) is 12.8.